The molecule has 0 saturated heterocycles. The summed E-state index contributed by atoms with van der Waals surface area (Å²) in [5, 5.41) is 18.5. The van der Waals surface area contributed by atoms with Crippen LogP contribution in [0.15, 0.2) is 42.7 Å². The summed E-state index contributed by atoms with van der Waals surface area (Å²) >= 11 is 0. The largest absolute Gasteiger partial charge is 0.357 e. The number of rotatable bonds is 7. The maximum absolute atomic E-state index is 12.7. The van der Waals surface area contributed by atoms with Crippen LogP contribution in [-0.4, -0.2) is 38.9 Å². The third kappa shape index (κ3) is 5.64. The average molecular weight is 457 g/mol. The first-order valence-electron chi connectivity index (χ1n) is 11.4. The molecule has 174 valence electrons. The van der Waals surface area contributed by atoms with Crippen molar-refractivity contribution in [2.24, 2.45) is 5.92 Å². The molecule has 0 bridgehead atoms. The first-order valence-corrected chi connectivity index (χ1v) is 11.4. The average Bonchev–Trinajstić information content (AvgIpc) is 2.88. The Labute approximate surface area is 199 Å². The first-order chi connectivity index (χ1) is 16.6. The number of carbonyl (C=O) groups excluding carboxylic acids is 1. The van der Waals surface area contributed by atoms with Crippen LogP contribution in [0.4, 0.5) is 11.9 Å². The van der Waals surface area contributed by atoms with E-state index < -0.39 is 0 Å². The van der Waals surface area contributed by atoms with Crippen molar-refractivity contribution in [1.82, 2.24) is 25.3 Å². The lowest BCUT2D eigenvalue weighted by molar-refractivity contribution is -0.126. The minimum Gasteiger partial charge on any atom is -0.357 e. The molecule has 1 saturated carbocycles. The van der Waals surface area contributed by atoms with Gasteiger partial charge in [-0.1, -0.05) is 6.07 Å². The normalized spacial score (nSPS) is 17.4. The number of carbonyl (C=O) groups is 1. The number of pyridine rings is 1. The fourth-order valence-electron chi connectivity index (χ4n) is 4.15. The molecule has 1 aliphatic carbocycles. The smallest absolute Gasteiger partial charge is 0.228 e. The van der Waals surface area contributed by atoms with E-state index in [0.29, 0.717) is 29.8 Å². The van der Waals surface area contributed by atoms with Crippen LogP contribution in [0.25, 0.3) is 11.4 Å². The van der Waals surface area contributed by atoms with Crippen molar-refractivity contribution >= 4 is 17.8 Å². The monoisotopic (exact) mass is 456 g/mol. The zero-order chi connectivity index (χ0) is 23.9. The number of hydrogen-bond donors (Lipinski definition) is 3. The number of nitriles is 1. The third-order valence-corrected chi connectivity index (χ3v) is 6.13. The number of aryl methyl sites for hydroxylation is 1. The molecule has 0 radical (unpaired) electrons. The molecule has 1 aromatic carbocycles. The highest BCUT2D eigenvalue weighted by molar-refractivity contribution is 5.78. The molecule has 1 fully saturated rings. The quantitative estimate of drug-likeness (QED) is 0.493. The Morgan fingerprint density at radius 3 is 2.59 bits per heavy atom. The van der Waals surface area contributed by atoms with Gasteiger partial charge in [-0.05, 0) is 68.0 Å². The van der Waals surface area contributed by atoms with Gasteiger partial charge in [0.25, 0.3) is 0 Å². The van der Waals surface area contributed by atoms with Crippen LogP contribution in [0.2, 0.25) is 0 Å². The van der Waals surface area contributed by atoms with E-state index in [0.717, 1.165) is 42.4 Å². The lowest BCUT2D eigenvalue weighted by atomic mass is 9.85. The Bertz CT molecular complexity index is 1180. The Balaban J connectivity index is 1.32. The summed E-state index contributed by atoms with van der Waals surface area (Å²) in [6.45, 7) is 2.43. The Morgan fingerprint density at radius 1 is 1.12 bits per heavy atom. The summed E-state index contributed by atoms with van der Waals surface area (Å²) in [6.07, 6.45) is 6.75. The molecule has 34 heavy (non-hydrogen) atoms. The van der Waals surface area contributed by atoms with Gasteiger partial charge in [0.05, 0.1) is 11.6 Å². The molecule has 1 aliphatic rings. The van der Waals surface area contributed by atoms with Gasteiger partial charge in [-0.3, -0.25) is 9.78 Å². The van der Waals surface area contributed by atoms with Gasteiger partial charge in [-0.2, -0.15) is 20.2 Å². The number of amides is 1. The predicted octanol–water partition coefficient (Wildman–Crippen LogP) is 3.44. The molecule has 2 aromatic heterocycles. The summed E-state index contributed by atoms with van der Waals surface area (Å²) < 4.78 is 0. The molecular formula is C25H28N8O. The van der Waals surface area contributed by atoms with Crippen molar-refractivity contribution in [3.05, 3.63) is 59.4 Å². The standard InChI is InChI=1S/C25H28N8O/c1-16-12-17(13-26)5-6-19(16)15-29-23(34)18-7-9-21(10-8-18)30-25-32-22(31-24(27-2)33-25)20-4-3-11-28-14-20/h3-6,11-12,14,18,21H,7-10,15H2,1-2H3,(H,29,34)(H2,27,30,31,32,33)/t18-,21+. The topological polar surface area (TPSA) is 129 Å². The third-order valence-electron chi connectivity index (χ3n) is 6.13. The van der Waals surface area contributed by atoms with E-state index in [1.54, 1.807) is 25.5 Å². The molecular weight excluding hydrogens is 428 g/mol. The molecule has 3 aromatic rings. The van der Waals surface area contributed by atoms with Crippen molar-refractivity contribution in [3.8, 4) is 17.5 Å². The van der Waals surface area contributed by atoms with Gasteiger partial charge in [0.1, 0.15) is 0 Å². The molecule has 4 rings (SSSR count). The zero-order valence-corrected chi connectivity index (χ0v) is 19.4. The highest BCUT2D eigenvalue weighted by Crippen LogP contribution is 2.27. The number of nitrogens with one attached hydrogen (secondary N) is 3. The molecule has 0 atom stereocenters. The maximum Gasteiger partial charge on any atom is 0.228 e. The summed E-state index contributed by atoms with van der Waals surface area (Å²) in [7, 11) is 1.77. The minimum atomic E-state index is -0.00563. The SMILES string of the molecule is CNc1nc(N[C@H]2CC[C@@H](C(=O)NCc3ccc(C#N)cc3C)CC2)nc(-c2cccnc2)n1. The van der Waals surface area contributed by atoms with Gasteiger partial charge in [-0.25, -0.2) is 0 Å². The van der Waals surface area contributed by atoms with Crippen LogP contribution in [0.3, 0.4) is 0 Å². The second-order valence-electron chi connectivity index (χ2n) is 8.46. The summed E-state index contributed by atoms with van der Waals surface area (Å²) in [4.78, 5) is 30.3. The summed E-state index contributed by atoms with van der Waals surface area (Å²) in [5.41, 5.74) is 3.49. The molecule has 0 aliphatic heterocycles. The molecule has 9 nitrogen and oxygen atoms in total. The van der Waals surface area contributed by atoms with Gasteiger partial charge in [0.2, 0.25) is 17.8 Å². The van der Waals surface area contributed by atoms with Crippen LogP contribution in [0, 0.1) is 24.2 Å². The van der Waals surface area contributed by atoms with E-state index in [2.05, 4.69) is 42.0 Å². The van der Waals surface area contributed by atoms with Crippen molar-refractivity contribution in [1.29, 1.82) is 5.26 Å². The van der Waals surface area contributed by atoms with Gasteiger partial charge in [0.15, 0.2) is 5.82 Å². The maximum atomic E-state index is 12.7. The lowest BCUT2D eigenvalue weighted by Gasteiger charge is -2.28. The van der Waals surface area contributed by atoms with E-state index in [4.69, 9.17) is 5.26 Å². The van der Waals surface area contributed by atoms with Crippen molar-refractivity contribution in [2.45, 2.75) is 45.2 Å². The van der Waals surface area contributed by atoms with Crippen LogP contribution < -0.4 is 16.0 Å². The van der Waals surface area contributed by atoms with Gasteiger partial charge >= 0.3 is 0 Å². The van der Waals surface area contributed by atoms with E-state index in [-0.39, 0.29) is 17.9 Å². The van der Waals surface area contributed by atoms with Crippen LogP contribution in [0.1, 0.15) is 42.4 Å². The Hall–Kier alpha value is -4.06. The van der Waals surface area contributed by atoms with Crippen LogP contribution in [-0.2, 0) is 11.3 Å². The van der Waals surface area contributed by atoms with E-state index in [1.165, 1.54) is 0 Å². The fourth-order valence-corrected chi connectivity index (χ4v) is 4.15. The Morgan fingerprint density at radius 2 is 1.91 bits per heavy atom. The molecule has 0 unspecified atom stereocenters. The zero-order valence-electron chi connectivity index (χ0n) is 19.4. The summed E-state index contributed by atoms with van der Waals surface area (Å²) in [6, 6.07) is 11.6. The number of hydrogen-bond acceptors (Lipinski definition) is 8. The van der Waals surface area contributed by atoms with Crippen molar-refractivity contribution < 1.29 is 4.79 Å². The number of anilines is 2. The molecule has 0 spiro atoms. The molecule has 9 heteroatoms. The highest BCUT2D eigenvalue weighted by Gasteiger charge is 2.27. The van der Waals surface area contributed by atoms with Gasteiger partial charge in [0, 0.05) is 43.5 Å². The van der Waals surface area contributed by atoms with Gasteiger partial charge < -0.3 is 16.0 Å². The van der Waals surface area contributed by atoms with Gasteiger partial charge in [-0.15, -0.1) is 0 Å². The van der Waals surface area contributed by atoms with E-state index in [9.17, 15) is 4.79 Å². The summed E-state index contributed by atoms with van der Waals surface area (Å²) in [5.74, 6) is 1.64. The van der Waals surface area contributed by atoms with E-state index >= 15 is 0 Å². The first kappa shape index (κ1) is 23.1. The second-order valence-corrected chi connectivity index (χ2v) is 8.46. The predicted molar refractivity (Wildman–Crippen MR) is 130 cm³/mol. The number of nitrogens with zero attached hydrogens (tertiary/aromatic N) is 5. The fraction of sp³-hybridized carbons (Fsp3) is 0.360. The molecule has 1 amide bonds. The number of benzene rings is 1. The highest BCUT2D eigenvalue weighted by atomic mass is 16.1. The van der Waals surface area contributed by atoms with Crippen molar-refractivity contribution in [2.75, 3.05) is 17.7 Å². The van der Waals surface area contributed by atoms with Crippen LogP contribution in [0.5, 0.6) is 0 Å². The van der Waals surface area contributed by atoms with E-state index in [1.807, 2.05) is 31.2 Å². The minimum absolute atomic E-state index is 0.00563. The van der Waals surface area contributed by atoms with Crippen molar-refractivity contribution in [3.63, 3.8) is 0 Å². The molecule has 3 N–H and O–H groups in total. The lowest BCUT2D eigenvalue weighted by Crippen LogP contribution is -2.36. The molecule has 2 heterocycles. The second kappa shape index (κ2) is 10.7. The Kier molecular flexibility index (Phi) is 7.28. The number of aromatic nitrogens is 4. The van der Waals surface area contributed by atoms with Crippen LogP contribution >= 0.6 is 0 Å².